The highest BCUT2D eigenvalue weighted by atomic mass is 31.0. The molecule has 7 rings (SSSR count). The number of furan rings is 1. The quantitative estimate of drug-likeness (QED) is 0.394. The van der Waals surface area contributed by atoms with E-state index in [4.69, 9.17) is 24.6 Å². The van der Waals surface area contributed by atoms with E-state index in [0.717, 1.165) is 37.1 Å². The predicted octanol–water partition coefficient (Wildman–Crippen LogP) is 3.12. The highest BCUT2D eigenvalue weighted by molar-refractivity contribution is 7.28. The highest BCUT2D eigenvalue weighted by Crippen LogP contribution is 2.47. The summed E-state index contributed by atoms with van der Waals surface area (Å²) in [5.41, 5.74) is 9.24. The fourth-order valence-electron chi connectivity index (χ4n) is 6.26. The van der Waals surface area contributed by atoms with Crippen molar-refractivity contribution in [1.82, 2.24) is 15.3 Å². The van der Waals surface area contributed by atoms with Crippen LogP contribution >= 0.6 is 9.24 Å². The summed E-state index contributed by atoms with van der Waals surface area (Å²) in [7, 11) is 4.13. The Morgan fingerprint density at radius 1 is 1.16 bits per heavy atom. The molecule has 2 aromatic heterocycles. The SMILES string of the molecule is COc1nc(N2C3CCC2CNC3)c2c3c(c(-c4c(P)ccc5oc(N)c(C#N)c45)c(F)c2n1)COC3. The van der Waals surface area contributed by atoms with E-state index >= 15 is 4.39 Å². The molecule has 2 fully saturated rings. The lowest BCUT2D eigenvalue weighted by atomic mass is 9.90. The number of nitrogens with zero attached hydrogens (tertiary/aromatic N) is 4. The van der Waals surface area contributed by atoms with E-state index in [2.05, 4.69) is 30.5 Å². The maximum absolute atomic E-state index is 16.8. The van der Waals surface area contributed by atoms with E-state index < -0.39 is 5.82 Å². The number of hydrogen-bond donors (Lipinski definition) is 2. The van der Waals surface area contributed by atoms with Crippen molar-refractivity contribution in [3.8, 4) is 23.2 Å². The second kappa shape index (κ2) is 8.25. The third-order valence-corrected chi connectivity index (χ3v) is 8.32. The minimum atomic E-state index is -0.511. The van der Waals surface area contributed by atoms with Crippen LogP contribution in [0.3, 0.4) is 0 Å². The topological polar surface area (TPSA) is 122 Å². The van der Waals surface area contributed by atoms with Crippen molar-refractivity contribution in [2.45, 2.75) is 38.1 Å². The Hall–Kier alpha value is -3.51. The summed E-state index contributed by atoms with van der Waals surface area (Å²) in [5, 5.41) is 15.2. The zero-order valence-corrected chi connectivity index (χ0v) is 21.3. The van der Waals surface area contributed by atoms with E-state index in [-0.39, 0.29) is 41.7 Å². The molecule has 0 aliphatic carbocycles. The molecular weight excluding hydrogens is 494 g/mol. The summed E-state index contributed by atoms with van der Waals surface area (Å²) in [4.78, 5) is 11.6. The fourth-order valence-corrected chi connectivity index (χ4v) is 6.65. The minimum absolute atomic E-state index is 0.00362. The van der Waals surface area contributed by atoms with E-state index in [0.29, 0.717) is 45.2 Å². The van der Waals surface area contributed by atoms with Gasteiger partial charge in [-0.15, -0.1) is 9.24 Å². The average molecular weight is 518 g/mol. The van der Waals surface area contributed by atoms with Gasteiger partial charge in [-0.1, -0.05) is 6.07 Å². The monoisotopic (exact) mass is 518 g/mol. The molecule has 0 amide bonds. The number of methoxy groups -OCH3 is 1. The summed E-state index contributed by atoms with van der Waals surface area (Å²) in [6, 6.07) is 6.31. The van der Waals surface area contributed by atoms with Crippen LogP contribution in [0, 0.1) is 17.1 Å². The predicted molar refractivity (Wildman–Crippen MR) is 140 cm³/mol. The van der Waals surface area contributed by atoms with E-state index in [1.807, 2.05) is 6.07 Å². The van der Waals surface area contributed by atoms with Crippen LogP contribution in [0.5, 0.6) is 6.01 Å². The third-order valence-electron chi connectivity index (χ3n) is 7.84. The second-order valence-corrected chi connectivity index (χ2v) is 10.3. The molecule has 0 radical (unpaired) electrons. The minimum Gasteiger partial charge on any atom is -0.467 e. The first-order valence-electron chi connectivity index (χ1n) is 12.2. The van der Waals surface area contributed by atoms with Crippen LogP contribution < -0.4 is 26.0 Å². The van der Waals surface area contributed by atoms with Crippen LogP contribution in [-0.4, -0.2) is 42.3 Å². The molecule has 0 saturated carbocycles. The smallest absolute Gasteiger partial charge is 0.318 e. The van der Waals surface area contributed by atoms with Gasteiger partial charge in [-0.2, -0.15) is 15.2 Å². The van der Waals surface area contributed by atoms with Crippen LogP contribution in [0.4, 0.5) is 16.1 Å². The number of anilines is 2. The number of piperazine rings is 1. The molecular formula is C26H24FN6O3P. The number of nitrogens with two attached hydrogens (primary N) is 1. The van der Waals surface area contributed by atoms with E-state index in [9.17, 15) is 5.26 Å². The van der Waals surface area contributed by atoms with Crippen LogP contribution in [0.15, 0.2) is 16.5 Å². The standard InChI is InChI=1S/C26H24FN6O3P/c1-34-26-31-23-20(25(32-26)33-11-2-3-12(33)8-30-7-11)15-10-35-9-14(15)19(22(23)27)21-17(37)5-4-16-18(21)13(6-28)24(29)36-16/h4-5,11-12,30H,2-3,7-10,29,37H2,1H3. The van der Waals surface area contributed by atoms with Crippen molar-refractivity contribution < 1.29 is 18.3 Å². The van der Waals surface area contributed by atoms with Crippen molar-refractivity contribution in [1.29, 1.82) is 5.26 Å². The van der Waals surface area contributed by atoms with Crippen LogP contribution in [0.1, 0.15) is 29.5 Å². The number of ether oxygens (including phenoxy) is 2. The van der Waals surface area contributed by atoms with Gasteiger partial charge in [0.2, 0.25) is 5.88 Å². The number of aromatic nitrogens is 2. The van der Waals surface area contributed by atoms with Crippen LogP contribution in [0.25, 0.3) is 33.0 Å². The number of rotatable bonds is 3. The Morgan fingerprint density at radius 3 is 2.65 bits per heavy atom. The van der Waals surface area contributed by atoms with Crippen molar-refractivity contribution in [3.63, 3.8) is 0 Å². The molecule has 3 aliphatic heterocycles. The second-order valence-electron chi connectivity index (χ2n) is 9.70. The van der Waals surface area contributed by atoms with Gasteiger partial charge in [0.1, 0.15) is 28.6 Å². The van der Waals surface area contributed by atoms with Crippen molar-refractivity contribution in [2.24, 2.45) is 0 Å². The molecule has 2 aromatic carbocycles. The highest BCUT2D eigenvalue weighted by Gasteiger charge is 2.40. The first-order chi connectivity index (χ1) is 18.0. The molecule has 3 unspecified atom stereocenters. The van der Waals surface area contributed by atoms with Gasteiger partial charge in [0, 0.05) is 41.7 Å². The largest absolute Gasteiger partial charge is 0.467 e. The summed E-state index contributed by atoms with van der Waals surface area (Å²) in [5.74, 6) is 0.185. The van der Waals surface area contributed by atoms with Gasteiger partial charge in [0.25, 0.3) is 0 Å². The van der Waals surface area contributed by atoms with Crippen LogP contribution in [-0.2, 0) is 18.0 Å². The average Bonchev–Trinajstić information content (AvgIpc) is 3.57. The maximum atomic E-state index is 16.8. The van der Waals surface area contributed by atoms with Gasteiger partial charge in [-0.25, -0.2) is 4.39 Å². The molecule has 4 aromatic rings. The number of benzene rings is 2. The first kappa shape index (κ1) is 22.7. The molecule has 3 aliphatic rings. The molecule has 188 valence electrons. The number of nitrogens with one attached hydrogen (secondary N) is 1. The molecule has 11 heteroatoms. The molecule has 5 heterocycles. The van der Waals surface area contributed by atoms with Crippen molar-refractivity contribution in [3.05, 3.63) is 34.6 Å². The van der Waals surface area contributed by atoms with Gasteiger partial charge in [0.15, 0.2) is 5.82 Å². The Kier molecular flexibility index (Phi) is 5.05. The summed E-state index contributed by atoms with van der Waals surface area (Å²) in [6.45, 7) is 2.23. The lowest BCUT2D eigenvalue weighted by Crippen LogP contribution is -2.52. The lowest BCUT2D eigenvalue weighted by molar-refractivity contribution is 0.135. The lowest BCUT2D eigenvalue weighted by Gasteiger charge is -2.37. The molecule has 37 heavy (non-hydrogen) atoms. The van der Waals surface area contributed by atoms with Gasteiger partial charge in [-0.05, 0) is 35.3 Å². The Bertz CT molecular complexity index is 1650. The van der Waals surface area contributed by atoms with Gasteiger partial charge < -0.3 is 29.8 Å². The van der Waals surface area contributed by atoms with E-state index in [1.54, 1.807) is 6.07 Å². The first-order valence-corrected chi connectivity index (χ1v) is 12.8. The molecule has 0 spiro atoms. The Morgan fingerprint density at radius 2 is 1.92 bits per heavy atom. The summed E-state index contributed by atoms with van der Waals surface area (Å²) in [6.07, 6.45) is 2.09. The van der Waals surface area contributed by atoms with Gasteiger partial charge in [-0.3, -0.25) is 0 Å². The third kappa shape index (κ3) is 3.11. The van der Waals surface area contributed by atoms with E-state index in [1.165, 1.54) is 7.11 Å². The van der Waals surface area contributed by atoms with Crippen molar-refractivity contribution in [2.75, 3.05) is 30.8 Å². The normalized spacial score (nSPS) is 20.5. The number of nitriles is 1. The number of fused-ring (bicyclic) bond motifs is 6. The molecule has 9 nitrogen and oxygen atoms in total. The van der Waals surface area contributed by atoms with Crippen LogP contribution in [0.2, 0.25) is 0 Å². The Labute approximate surface area is 213 Å². The fraction of sp³-hybridized carbons (Fsp3) is 0.346. The molecule has 3 N–H and O–H groups in total. The van der Waals surface area contributed by atoms with Gasteiger partial charge >= 0.3 is 6.01 Å². The zero-order chi connectivity index (χ0) is 25.4. The maximum Gasteiger partial charge on any atom is 0.318 e. The molecule has 2 bridgehead atoms. The number of nitrogen functional groups attached to an aromatic ring is 1. The number of hydrogen-bond acceptors (Lipinski definition) is 9. The molecule has 3 atom stereocenters. The number of halogens is 1. The summed E-state index contributed by atoms with van der Waals surface area (Å²) < 4.78 is 33.9. The zero-order valence-electron chi connectivity index (χ0n) is 20.1. The summed E-state index contributed by atoms with van der Waals surface area (Å²) >= 11 is 0. The van der Waals surface area contributed by atoms with Gasteiger partial charge in [0.05, 0.1) is 25.7 Å². The molecule has 2 saturated heterocycles. The Balaban J connectivity index is 1.60. The van der Waals surface area contributed by atoms with Crippen molar-refractivity contribution >= 4 is 48.1 Å².